The van der Waals surface area contributed by atoms with Crippen LogP contribution in [0.25, 0.3) is 0 Å². The molecule has 4 nitrogen and oxygen atoms in total. The number of anilines is 1. The minimum Gasteiger partial charge on any atom is -0.481 e. The van der Waals surface area contributed by atoms with Crippen LogP contribution in [0, 0.1) is 5.92 Å². The lowest BCUT2D eigenvalue weighted by atomic mass is 10.1. The second kappa shape index (κ2) is 5.35. The number of carboxylic acids is 1. The third kappa shape index (κ3) is 3.44. The highest BCUT2D eigenvalue weighted by Gasteiger charge is 2.35. The van der Waals surface area contributed by atoms with E-state index in [4.69, 9.17) is 5.11 Å². The van der Waals surface area contributed by atoms with Crippen molar-refractivity contribution in [2.45, 2.75) is 16.8 Å². The van der Waals surface area contributed by atoms with Crippen molar-refractivity contribution < 1.29 is 27.9 Å². The highest BCUT2D eigenvalue weighted by Crippen LogP contribution is 2.38. The Balaban J connectivity index is 2.19. The van der Waals surface area contributed by atoms with Crippen LogP contribution >= 0.6 is 11.8 Å². The minimum atomic E-state index is -4.41. The predicted octanol–water partition coefficient (Wildman–Crippen LogP) is 2.74. The number of carboxylic acid groups (broad SMARTS) is 1. The van der Waals surface area contributed by atoms with Crippen LogP contribution in [0.4, 0.5) is 18.9 Å². The van der Waals surface area contributed by atoms with E-state index in [1.165, 1.54) is 29.2 Å². The number of halogens is 3. The van der Waals surface area contributed by atoms with Gasteiger partial charge >= 0.3 is 11.5 Å². The summed E-state index contributed by atoms with van der Waals surface area (Å²) in [4.78, 5) is 23.7. The Morgan fingerprint density at radius 1 is 1.40 bits per heavy atom. The average molecular weight is 305 g/mol. The second-order valence-electron chi connectivity index (χ2n) is 4.29. The molecule has 0 bridgehead atoms. The monoisotopic (exact) mass is 305 g/mol. The largest absolute Gasteiger partial charge is 0.481 e. The zero-order valence-electron chi connectivity index (χ0n) is 10.1. The Morgan fingerprint density at radius 3 is 2.65 bits per heavy atom. The molecule has 0 saturated carbocycles. The van der Waals surface area contributed by atoms with E-state index in [-0.39, 0.29) is 35.3 Å². The number of thioether (sulfide) groups is 1. The maximum absolute atomic E-state index is 12.3. The normalized spacial score (nSPS) is 19.4. The lowest BCUT2D eigenvalue weighted by Gasteiger charge is -2.17. The molecule has 1 saturated heterocycles. The molecule has 0 aliphatic carbocycles. The first kappa shape index (κ1) is 14.7. The lowest BCUT2D eigenvalue weighted by molar-refractivity contribution is -0.141. The van der Waals surface area contributed by atoms with Crippen LogP contribution in [0.1, 0.15) is 6.42 Å². The van der Waals surface area contributed by atoms with E-state index in [0.717, 1.165) is 0 Å². The van der Waals surface area contributed by atoms with E-state index in [1.807, 2.05) is 0 Å². The summed E-state index contributed by atoms with van der Waals surface area (Å²) < 4.78 is 36.9. The number of rotatable bonds is 3. The van der Waals surface area contributed by atoms with Crippen LogP contribution in [0.5, 0.6) is 0 Å². The van der Waals surface area contributed by atoms with E-state index in [0.29, 0.717) is 0 Å². The standard InChI is InChI=1S/C12H10F3NO3S/c13-12(14,15)20-9-3-1-2-8(5-9)16-6-7(11(18)19)4-10(16)17/h1-3,5,7H,4,6H2,(H,18,19). The quantitative estimate of drug-likeness (QED) is 0.872. The molecule has 2 rings (SSSR count). The van der Waals surface area contributed by atoms with Gasteiger partial charge < -0.3 is 10.0 Å². The highest BCUT2D eigenvalue weighted by atomic mass is 32.2. The first-order valence-electron chi connectivity index (χ1n) is 5.65. The van der Waals surface area contributed by atoms with Crippen LogP contribution in [0.3, 0.4) is 0 Å². The third-order valence-corrected chi connectivity index (χ3v) is 3.56. The summed E-state index contributed by atoms with van der Waals surface area (Å²) >= 11 is -0.272. The van der Waals surface area contributed by atoms with Crippen LogP contribution < -0.4 is 4.90 Å². The molecule has 1 amide bonds. The lowest BCUT2D eigenvalue weighted by Crippen LogP contribution is -2.25. The van der Waals surface area contributed by atoms with Crippen LogP contribution in [-0.4, -0.2) is 29.0 Å². The van der Waals surface area contributed by atoms with Crippen LogP contribution in [-0.2, 0) is 9.59 Å². The van der Waals surface area contributed by atoms with Crippen LogP contribution in [0.2, 0.25) is 0 Å². The SMILES string of the molecule is O=C(O)C1CC(=O)N(c2cccc(SC(F)(F)F)c2)C1. The molecule has 1 aromatic rings. The van der Waals surface area contributed by atoms with Gasteiger partial charge in [-0.2, -0.15) is 13.2 Å². The maximum Gasteiger partial charge on any atom is 0.446 e. The molecule has 1 aliphatic heterocycles. The fraction of sp³-hybridized carbons (Fsp3) is 0.333. The fourth-order valence-electron chi connectivity index (χ4n) is 1.97. The van der Waals surface area contributed by atoms with Gasteiger partial charge in [0.2, 0.25) is 5.91 Å². The second-order valence-corrected chi connectivity index (χ2v) is 5.43. The van der Waals surface area contributed by atoms with E-state index in [2.05, 4.69) is 0 Å². The molecule has 0 aromatic heterocycles. The zero-order chi connectivity index (χ0) is 14.9. The number of aliphatic carboxylic acids is 1. The Morgan fingerprint density at radius 2 is 2.10 bits per heavy atom. The number of amides is 1. The van der Waals surface area contributed by atoms with Gasteiger partial charge in [0.15, 0.2) is 0 Å². The molecular formula is C12H10F3NO3S. The van der Waals surface area contributed by atoms with Crippen molar-refractivity contribution in [3.63, 3.8) is 0 Å². The Labute approximate surface area is 116 Å². The van der Waals surface area contributed by atoms with Gasteiger partial charge in [-0.15, -0.1) is 0 Å². The van der Waals surface area contributed by atoms with Gasteiger partial charge in [-0.05, 0) is 30.0 Å². The smallest absolute Gasteiger partial charge is 0.446 e. The number of carbonyl (C=O) groups is 2. The summed E-state index contributed by atoms with van der Waals surface area (Å²) in [5.41, 5.74) is -4.12. The molecule has 1 unspecified atom stereocenters. The minimum absolute atomic E-state index is 0.0195. The van der Waals surface area contributed by atoms with Crippen molar-refractivity contribution in [1.29, 1.82) is 0 Å². The number of hydrogen-bond acceptors (Lipinski definition) is 3. The van der Waals surface area contributed by atoms with Gasteiger partial charge in [0.1, 0.15) is 0 Å². The molecule has 1 aromatic carbocycles. The maximum atomic E-state index is 12.3. The molecule has 8 heteroatoms. The molecule has 1 aliphatic rings. The summed E-state index contributed by atoms with van der Waals surface area (Å²) in [7, 11) is 0. The van der Waals surface area contributed by atoms with Crippen molar-refractivity contribution in [2.75, 3.05) is 11.4 Å². The van der Waals surface area contributed by atoms with E-state index < -0.39 is 23.3 Å². The van der Waals surface area contributed by atoms with Gasteiger partial charge in [0.25, 0.3) is 0 Å². The number of alkyl halides is 3. The molecule has 0 radical (unpaired) electrons. The molecule has 108 valence electrons. The summed E-state index contributed by atoms with van der Waals surface area (Å²) in [6, 6.07) is 5.42. The van der Waals surface area contributed by atoms with Gasteiger partial charge in [-0.1, -0.05) is 6.07 Å². The summed E-state index contributed by atoms with van der Waals surface area (Å²) in [6.45, 7) is -0.0195. The molecule has 1 heterocycles. The van der Waals surface area contributed by atoms with Crippen molar-refractivity contribution in [2.24, 2.45) is 5.92 Å². The number of benzene rings is 1. The third-order valence-electron chi connectivity index (χ3n) is 2.84. The van der Waals surface area contributed by atoms with E-state index >= 15 is 0 Å². The van der Waals surface area contributed by atoms with Gasteiger partial charge in [0, 0.05) is 23.5 Å². The Kier molecular flexibility index (Phi) is 3.94. The topological polar surface area (TPSA) is 57.6 Å². The summed E-state index contributed by atoms with van der Waals surface area (Å²) in [5.74, 6) is -2.30. The first-order chi connectivity index (χ1) is 9.26. The van der Waals surface area contributed by atoms with Gasteiger partial charge in [0.05, 0.1) is 5.92 Å². The van der Waals surface area contributed by atoms with Gasteiger partial charge in [-0.3, -0.25) is 9.59 Å². The Bertz CT molecular complexity index is 547. The molecule has 20 heavy (non-hydrogen) atoms. The first-order valence-corrected chi connectivity index (χ1v) is 6.47. The zero-order valence-corrected chi connectivity index (χ0v) is 10.9. The molecule has 1 fully saturated rings. The molecular weight excluding hydrogens is 295 g/mol. The van der Waals surface area contributed by atoms with Crippen molar-refractivity contribution in [3.05, 3.63) is 24.3 Å². The van der Waals surface area contributed by atoms with Crippen LogP contribution in [0.15, 0.2) is 29.2 Å². The van der Waals surface area contributed by atoms with E-state index in [9.17, 15) is 22.8 Å². The number of nitrogens with zero attached hydrogens (tertiary/aromatic N) is 1. The highest BCUT2D eigenvalue weighted by molar-refractivity contribution is 8.00. The summed E-state index contributed by atoms with van der Waals surface area (Å²) in [5, 5.41) is 8.87. The van der Waals surface area contributed by atoms with Crippen molar-refractivity contribution >= 4 is 29.3 Å². The summed E-state index contributed by atoms with van der Waals surface area (Å²) in [6.07, 6.45) is -0.133. The van der Waals surface area contributed by atoms with Gasteiger partial charge in [-0.25, -0.2) is 0 Å². The average Bonchev–Trinajstić information content (AvgIpc) is 2.69. The van der Waals surface area contributed by atoms with E-state index in [1.54, 1.807) is 0 Å². The fourth-order valence-corrected chi connectivity index (χ4v) is 2.56. The predicted molar refractivity (Wildman–Crippen MR) is 66.4 cm³/mol. The van der Waals surface area contributed by atoms with Crippen molar-refractivity contribution in [1.82, 2.24) is 0 Å². The number of carbonyl (C=O) groups excluding carboxylic acids is 1. The molecule has 0 spiro atoms. The number of hydrogen-bond donors (Lipinski definition) is 1. The van der Waals surface area contributed by atoms with Crippen molar-refractivity contribution in [3.8, 4) is 0 Å². The Hall–Kier alpha value is -1.70. The molecule has 1 N–H and O–H groups in total. The molecule has 1 atom stereocenters.